The topological polar surface area (TPSA) is 70.5 Å². The molecule has 1 aliphatic heterocycles. The third-order valence-corrected chi connectivity index (χ3v) is 4.42. The molecule has 1 aliphatic rings. The summed E-state index contributed by atoms with van der Waals surface area (Å²) >= 11 is 17.6. The maximum Gasteiger partial charge on any atom is 0.308 e. The largest absolute Gasteiger partial charge is 0.481 e. The van der Waals surface area contributed by atoms with Crippen LogP contribution in [0.4, 0.5) is 0 Å². The van der Waals surface area contributed by atoms with E-state index in [0.717, 1.165) is 0 Å². The van der Waals surface area contributed by atoms with Crippen LogP contribution in [-0.2, 0) is 4.79 Å². The lowest BCUT2D eigenvalue weighted by atomic mass is 9.98. The maximum atomic E-state index is 12.3. The van der Waals surface area contributed by atoms with Gasteiger partial charge < -0.3 is 10.0 Å². The van der Waals surface area contributed by atoms with Crippen LogP contribution >= 0.6 is 34.8 Å². The highest BCUT2D eigenvalue weighted by Gasteiger charge is 2.30. The van der Waals surface area contributed by atoms with Crippen LogP contribution in [0.2, 0.25) is 15.1 Å². The summed E-state index contributed by atoms with van der Waals surface area (Å²) < 4.78 is 0. The molecule has 0 bridgehead atoms. The van der Waals surface area contributed by atoms with Gasteiger partial charge in [-0.2, -0.15) is 0 Å². The number of halogens is 3. The van der Waals surface area contributed by atoms with Crippen LogP contribution in [0.1, 0.15) is 23.3 Å². The van der Waals surface area contributed by atoms with Crippen LogP contribution in [0.5, 0.6) is 0 Å². The van der Waals surface area contributed by atoms with Crippen molar-refractivity contribution in [2.45, 2.75) is 12.8 Å². The fourth-order valence-corrected chi connectivity index (χ4v) is 2.67. The molecule has 108 valence electrons. The van der Waals surface area contributed by atoms with Gasteiger partial charge in [-0.3, -0.25) is 9.59 Å². The zero-order valence-electron chi connectivity index (χ0n) is 10.3. The van der Waals surface area contributed by atoms with Gasteiger partial charge in [-0.1, -0.05) is 34.8 Å². The molecule has 1 aromatic heterocycles. The van der Waals surface area contributed by atoms with E-state index in [4.69, 9.17) is 39.9 Å². The number of hydrogen-bond donors (Lipinski definition) is 1. The summed E-state index contributed by atoms with van der Waals surface area (Å²) in [7, 11) is 0. The normalized spacial score (nSPS) is 18.9. The van der Waals surface area contributed by atoms with Gasteiger partial charge in [0.25, 0.3) is 5.91 Å². The zero-order valence-corrected chi connectivity index (χ0v) is 12.5. The lowest BCUT2D eigenvalue weighted by Crippen LogP contribution is -2.42. The molecule has 0 aromatic carbocycles. The fourth-order valence-electron chi connectivity index (χ4n) is 2.11. The molecule has 5 nitrogen and oxygen atoms in total. The number of carboxylic acids is 1. The molecule has 1 amide bonds. The van der Waals surface area contributed by atoms with Gasteiger partial charge in [0.05, 0.1) is 21.0 Å². The number of carbonyl (C=O) groups is 2. The summed E-state index contributed by atoms with van der Waals surface area (Å²) in [5.41, 5.74) is -0.00731. The van der Waals surface area contributed by atoms with Crippen LogP contribution in [-0.4, -0.2) is 40.0 Å². The van der Waals surface area contributed by atoms with Crippen molar-refractivity contribution >= 4 is 46.7 Å². The van der Waals surface area contributed by atoms with E-state index in [1.54, 1.807) is 0 Å². The Hall–Kier alpha value is -1.04. The number of hydrogen-bond acceptors (Lipinski definition) is 3. The number of carboxylic acid groups (broad SMARTS) is 1. The molecule has 1 fully saturated rings. The molecule has 1 aromatic rings. The molecule has 8 heteroatoms. The third kappa shape index (κ3) is 3.00. The highest BCUT2D eigenvalue weighted by atomic mass is 35.5. The highest BCUT2D eigenvalue weighted by molar-refractivity contribution is 6.48. The van der Waals surface area contributed by atoms with Crippen molar-refractivity contribution in [1.29, 1.82) is 0 Å². The minimum atomic E-state index is -0.907. The number of rotatable bonds is 2. The molecule has 20 heavy (non-hydrogen) atoms. The number of aliphatic carboxylic acids is 1. The molecule has 0 saturated carbocycles. The minimum absolute atomic E-state index is 0.00731. The van der Waals surface area contributed by atoms with Crippen molar-refractivity contribution in [3.05, 3.63) is 27.0 Å². The number of pyridine rings is 1. The summed E-state index contributed by atoms with van der Waals surface area (Å²) in [6.45, 7) is 0.618. The molecule has 0 radical (unpaired) electrons. The third-order valence-electron chi connectivity index (χ3n) is 3.18. The van der Waals surface area contributed by atoms with Crippen LogP contribution in [0.3, 0.4) is 0 Å². The van der Waals surface area contributed by atoms with Crippen molar-refractivity contribution in [1.82, 2.24) is 9.88 Å². The Bertz CT molecular complexity index is 565. The van der Waals surface area contributed by atoms with Crippen molar-refractivity contribution in [2.24, 2.45) is 5.92 Å². The van der Waals surface area contributed by atoms with E-state index in [9.17, 15) is 9.59 Å². The van der Waals surface area contributed by atoms with E-state index < -0.39 is 17.8 Å². The first-order chi connectivity index (χ1) is 9.41. The summed E-state index contributed by atoms with van der Waals surface area (Å²) in [6.07, 6.45) is 2.44. The van der Waals surface area contributed by atoms with E-state index in [1.165, 1.54) is 11.1 Å². The second-order valence-corrected chi connectivity index (χ2v) is 5.67. The molecule has 1 atom stereocenters. The number of likely N-dealkylation sites (tertiary alicyclic amines) is 1. The predicted molar refractivity (Wildman–Crippen MR) is 75.5 cm³/mol. The highest BCUT2D eigenvalue weighted by Crippen LogP contribution is 2.32. The monoisotopic (exact) mass is 336 g/mol. The van der Waals surface area contributed by atoms with Gasteiger partial charge >= 0.3 is 5.97 Å². The molecule has 2 heterocycles. The van der Waals surface area contributed by atoms with Gasteiger partial charge in [-0.15, -0.1) is 0 Å². The average Bonchev–Trinajstić information content (AvgIpc) is 2.44. The van der Waals surface area contributed by atoms with E-state index in [2.05, 4.69) is 4.98 Å². The number of nitrogens with zero attached hydrogens (tertiary/aromatic N) is 2. The first-order valence-electron chi connectivity index (χ1n) is 5.93. The quantitative estimate of drug-likeness (QED) is 0.900. The smallest absolute Gasteiger partial charge is 0.308 e. The van der Waals surface area contributed by atoms with Gasteiger partial charge in [-0.25, -0.2) is 4.98 Å². The Labute approximate surface area is 130 Å². The standard InChI is InChI=1S/C12H11Cl3N2O3/c13-7-4-16-10(9(15)8(7)14)11(18)17-3-1-2-6(5-17)12(19)20/h4,6H,1-3,5H2,(H,19,20). The lowest BCUT2D eigenvalue weighted by Gasteiger charge is -2.30. The van der Waals surface area contributed by atoms with Crippen molar-refractivity contribution in [2.75, 3.05) is 13.1 Å². The van der Waals surface area contributed by atoms with E-state index in [-0.39, 0.29) is 27.3 Å². The molecule has 1 unspecified atom stereocenters. The maximum absolute atomic E-state index is 12.3. The van der Waals surface area contributed by atoms with Crippen LogP contribution in [0, 0.1) is 5.92 Å². The van der Waals surface area contributed by atoms with Gasteiger partial charge in [0.1, 0.15) is 5.69 Å². The Kier molecular flexibility index (Phi) is 4.73. The van der Waals surface area contributed by atoms with E-state index in [0.29, 0.717) is 19.4 Å². The van der Waals surface area contributed by atoms with E-state index >= 15 is 0 Å². The first kappa shape index (κ1) is 15.4. The van der Waals surface area contributed by atoms with Gasteiger partial charge in [-0.05, 0) is 12.8 Å². The van der Waals surface area contributed by atoms with Crippen molar-refractivity contribution in [3.8, 4) is 0 Å². The predicted octanol–water partition coefficient (Wildman–Crippen LogP) is 2.98. The fraction of sp³-hybridized carbons (Fsp3) is 0.417. The average molecular weight is 338 g/mol. The van der Waals surface area contributed by atoms with Crippen molar-refractivity contribution < 1.29 is 14.7 Å². The van der Waals surface area contributed by atoms with Crippen LogP contribution in [0.25, 0.3) is 0 Å². The number of piperidine rings is 1. The first-order valence-corrected chi connectivity index (χ1v) is 7.06. The second-order valence-electron chi connectivity index (χ2n) is 4.51. The summed E-state index contributed by atoms with van der Waals surface area (Å²) in [4.78, 5) is 28.7. The molecule has 1 saturated heterocycles. The Morgan fingerprint density at radius 2 is 2.00 bits per heavy atom. The number of amides is 1. The molecular formula is C12H11Cl3N2O3. The lowest BCUT2D eigenvalue weighted by molar-refractivity contribution is -0.143. The van der Waals surface area contributed by atoms with Gasteiger partial charge in [0, 0.05) is 19.3 Å². The van der Waals surface area contributed by atoms with Crippen LogP contribution in [0.15, 0.2) is 6.20 Å². The van der Waals surface area contributed by atoms with Gasteiger partial charge in [0.15, 0.2) is 0 Å². The molecular weight excluding hydrogens is 327 g/mol. The Morgan fingerprint density at radius 1 is 1.30 bits per heavy atom. The molecule has 2 rings (SSSR count). The summed E-state index contributed by atoms with van der Waals surface area (Å²) in [5.74, 6) is -1.90. The van der Waals surface area contributed by atoms with Crippen molar-refractivity contribution in [3.63, 3.8) is 0 Å². The zero-order chi connectivity index (χ0) is 14.9. The van der Waals surface area contributed by atoms with Crippen LogP contribution < -0.4 is 0 Å². The summed E-state index contributed by atoms with van der Waals surface area (Å²) in [5, 5.41) is 9.24. The van der Waals surface area contributed by atoms with Gasteiger partial charge in [0.2, 0.25) is 0 Å². The molecule has 0 aliphatic carbocycles. The summed E-state index contributed by atoms with van der Waals surface area (Å²) in [6, 6.07) is 0. The van der Waals surface area contributed by atoms with E-state index in [1.807, 2.05) is 0 Å². The Morgan fingerprint density at radius 3 is 2.65 bits per heavy atom. The number of carbonyl (C=O) groups excluding carboxylic acids is 1. The Balaban J connectivity index is 2.23. The SMILES string of the molecule is O=C(O)C1CCCN(C(=O)c2ncc(Cl)c(Cl)c2Cl)C1. The molecule has 0 spiro atoms. The molecule has 1 N–H and O–H groups in total. The number of aromatic nitrogens is 1. The minimum Gasteiger partial charge on any atom is -0.481 e. The second kappa shape index (κ2) is 6.16.